The SMILES string of the molecule is CCOc1ccc(Oc2cc(CNC(=NC)NCc3ccsc3)ccn2)cc1.I. The van der Waals surface area contributed by atoms with E-state index >= 15 is 0 Å². The van der Waals surface area contributed by atoms with Crippen LogP contribution in [0.2, 0.25) is 0 Å². The lowest BCUT2D eigenvalue weighted by Gasteiger charge is -2.12. The zero-order valence-corrected chi connectivity index (χ0v) is 19.6. The molecule has 8 heteroatoms. The van der Waals surface area contributed by atoms with Crippen LogP contribution in [-0.4, -0.2) is 24.6 Å². The molecule has 2 N–H and O–H groups in total. The molecule has 6 nitrogen and oxygen atoms in total. The van der Waals surface area contributed by atoms with E-state index < -0.39 is 0 Å². The number of nitrogens with zero attached hydrogens (tertiary/aromatic N) is 2. The highest BCUT2D eigenvalue weighted by Gasteiger charge is 2.03. The monoisotopic (exact) mass is 524 g/mol. The Balaban J connectivity index is 0.00000300. The van der Waals surface area contributed by atoms with Crippen molar-refractivity contribution in [1.82, 2.24) is 15.6 Å². The van der Waals surface area contributed by atoms with Crippen LogP contribution in [0.3, 0.4) is 0 Å². The molecule has 3 rings (SSSR count). The van der Waals surface area contributed by atoms with E-state index in [1.807, 2.05) is 43.3 Å². The molecule has 3 aromatic rings. The number of hydrogen-bond donors (Lipinski definition) is 2. The van der Waals surface area contributed by atoms with E-state index in [1.165, 1.54) is 5.56 Å². The van der Waals surface area contributed by atoms with E-state index in [4.69, 9.17) is 9.47 Å². The molecule has 0 bridgehead atoms. The lowest BCUT2D eigenvalue weighted by Crippen LogP contribution is -2.36. The molecule has 0 aliphatic heterocycles. The Kier molecular flexibility index (Phi) is 9.72. The minimum absolute atomic E-state index is 0. The molecule has 2 aromatic heterocycles. The van der Waals surface area contributed by atoms with Crippen LogP contribution in [0.5, 0.6) is 17.4 Å². The number of aliphatic imine (C=N–C) groups is 1. The number of benzene rings is 1. The zero-order chi connectivity index (χ0) is 19.6. The van der Waals surface area contributed by atoms with Crippen LogP contribution in [0.1, 0.15) is 18.1 Å². The summed E-state index contributed by atoms with van der Waals surface area (Å²) < 4.78 is 11.3. The smallest absolute Gasteiger partial charge is 0.219 e. The number of hydrogen-bond acceptors (Lipinski definition) is 5. The van der Waals surface area contributed by atoms with Crippen LogP contribution >= 0.6 is 35.3 Å². The van der Waals surface area contributed by atoms with Crippen LogP contribution in [0.4, 0.5) is 0 Å². The topological polar surface area (TPSA) is 67.8 Å². The number of ether oxygens (including phenoxy) is 2. The Morgan fingerprint density at radius 3 is 2.41 bits per heavy atom. The summed E-state index contributed by atoms with van der Waals surface area (Å²) in [6.45, 7) is 3.96. The van der Waals surface area contributed by atoms with Crippen molar-refractivity contribution >= 4 is 41.3 Å². The number of halogens is 1. The molecule has 0 atom stereocenters. The molecule has 154 valence electrons. The van der Waals surface area contributed by atoms with Gasteiger partial charge in [-0.2, -0.15) is 11.3 Å². The van der Waals surface area contributed by atoms with E-state index in [0.29, 0.717) is 24.8 Å². The molecule has 0 spiro atoms. The molecule has 1 aromatic carbocycles. The lowest BCUT2D eigenvalue weighted by atomic mass is 10.2. The van der Waals surface area contributed by atoms with Crippen LogP contribution in [-0.2, 0) is 13.1 Å². The maximum Gasteiger partial charge on any atom is 0.219 e. The summed E-state index contributed by atoms with van der Waals surface area (Å²) in [5, 5.41) is 10.8. The van der Waals surface area contributed by atoms with Gasteiger partial charge in [0.2, 0.25) is 5.88 Å². The fourth-order valence-electron chi connectivity index (χ4n) is 2.49. The third kappa shape index (κ3) is 7.54. The van der Waals surface area contributed by atoms with E-state index in [-0.39, 0.29) is 24.0 Å². The van der Waals surface area contributed by atoms with E-state index in [1.54, 1.807) is 24.6 Å². The number of thiophene rings is 1. The molecule has 2 heterocycles. The minimum atomic E-state index is 0. The van der Waals surface area contributed by atoms with Crippen LogP contribution in [0.15, 0.2) is 64.4 Å². The largest absolute Gasteiger partial charge is 0.494 e. The van der Waals surface area contributed by atoms with Gasteiger partial charge >= 0.3 is 0 Å². The van der Waals surface area contributed by atoms with Crippen molar-refractivity contribution in [3.05, 3.63) is 70.5 Å². The highest BCUT2D eigenvalue weighted by molar-refractivity contribution is 14.0. The Hall–Kier alpha value is -2.33. The van der Waals surface area contributed by atoms with Gasteiger partial charge in [0.15, 0.2) is 5.96 Å². The summed E-state index contributed by atoms with van der Waals surface area (Å²) in [7, 11) is 1.76. The molecule has 29 heavy (non-hydrogen) atoms. The molecule has 0 radical (unpaired) electrons. The Bertz CT molecular complexity index is 886. The second kappa shape index (κ2) is 12.3. The minimum Gasteiger partial charge on any atom is -0.494 e. The van der Waals surface area contributed by atoms with Crippen molar-refractivity contribution in [3.63, 3.8) is 0 Å². The van der Waals surface area contributed by atoms with Crippen LogP contribution in [0.25, 0.3) is 0 Å². The van der Waals surface area contributed by atoms with Crippen molar-refractivity contribution in [1.29, 1.82) is 0 Å². The van der Waals surface area contributed by atoms with Gasteiger partial charge in [0, 0.05) is 32.4 Å². The van der Waals surface area contributed by atoms with Gasteiger partial charge in [-0.05, 0) is 65.2 Å². The maximum atomic E-state index is 5.84. The predicted molar refractivity (Wildman–Crippen MR) is 129 cm³/mol. The van der Waals surface area contributed by atoms with Gasteiger partial charge in [0.05, 0.1) is 6.61 Å². The van der Waals surface area contributed by atoms with Gasteiger partial charge in [-0.1, -0.05) is 0 Å². The predicted octanol–water partition coefficient (Wildman–Crippen LogP) is 4.82. The van der Waals surface area contributed by atoms with Gasteiger partial charge in [-0.3, -0.25) is 4.99 Å². The van der Waals surface area contributed by atoms with Gasteiger partial charge in [-0.15, -0.1) is 24.0 Å². The summed E-state index contributed by atoms with van der Waals surface area (Å²) in [5.74, 6) is 2.83. The van der Waals surface area contributed by atoms with Gasteiger partial charge in [0.1, 0.15) is 11.5 Å². The number of rotatable bonds is 8. The van der Waals surface area contributed by atoms with E-state index in [2.05, 4.69) is 37.4 Å². The second-order valence-corrected chi connectivity index (χ2v) is 6.70. The average molecular weight is 524 g/mol. The number of aromatic nitrogens is 1. The quantitative estimate of drug-likeness (QED) is 0.251. The number of nitrogens with one attached hydrogen (secondary N) is 2. The fourth-order valence-corrected chi connectivity index (χ4v) is 3.16. The maximum absolute atomic E-state index is 5.84. The first-order valence-corrected chi connectivity index (χ1v) is 10.0. The lowest BCUT2D eigenvalue weighted by molar-refractivity contribution is 0.339. The van der Waals surface area contributed by atoms with Crippen molar-refractivity contribution < 1.29 is 9.47 Å². The fraction of sp³-hybridized carbons (Fsp3) is 0.238. The molecule has 0 fully saturated rings. The molecular formula is C21H25IN4O2S. The first kappa shape index (κ1) is 23.0. The molecule has 0 saturated carbocycles. The van der Waals surface area contributed by atoms with Crippen LogP contribution in [0, 0.1) is 0 Å². The Labute approximate surface area is 192 Å². The molecule has 0 aliphatic rings. The highest BCUT2D eigenvalue weighted by atomic mass is 127. The third-order valence-electron chi connectivity index (χ3n) is 3.88. The molecule has 0 aliphatic carbocycles. The van der Waals surface area contributed by atoms with Gasteiger partial charge in [0.25, 0.3) is 0 Å². The Morgan fingerprint density at radius 2 is 1.76 bits per heavy atom. The third-order valence-corrected chi connectivity index (χ3v) is 4.61. The number of guanidine groups is 1. The summed E-state index contributed by atoms with van der Waals surface area (Å²) >= 11 is 1.69. The second-order valence-electron chi connectivity index (χ2n) is 5.92. The molecule has 0 amide bonds. The normalized spacial score (nSPS) is 10.8. The average Bonchev–Trinajstić information content (AvgIpc) is 3.24. The summed E-state index contributed by atoms with van der Waals surface area (Å²) in [6, 6.07) is 13.5. The first-order valence-electron chi connectivity index (χ1n) is 9.08. The summed E-state index contributed by atoms with van der Waals surface area (Å²) in [5.41, 5.74) is 2.29. The van der Waals surface area contributed by atoms with Gasteiger partial charge < -0.3 is 20.1 Å². The summed E-state index contributed by atoms with van der Waals surface area (Å²) in [4.78, 5) is 8.54. The van der Waals surface area contributed by atoms with Crippen LogP contribution < -0.4 is 20.1 Å². The molecule has 0 unspecified atom stereocenters. The van der Waals surface area contributed by atoms with Crippen molar-refractivity contribution in [2.75, 3.05) is 13.7 Å². The first-order chi connectivity index (χ1) is 13.8. The summed E-state index contributed by atoms with van der Waals surface area (Å²) in [6.07, 6.45) is 1.74. The zero-order valence-electron chi connectivity index (χ0n) is 16.4. The van der Waals surface area contributed by atoms with Crippen molar-refractivity contribution in [3.8, 4) is 17.4 Å². The molecular weight excluding hydrogens is 499 g/mol. The van der Waals surface area contributed by atoms with Crippen molar-refractivity contribution in [2.45, 2.75) is 20.0 Å². The van der Waals surface area contributed by atoms with E-state index in [9.17, 15) is 0 Å². The highest BCUT2D eigenvalue weighted by Crippen LogP contribution is 2.23. The standard InChI is InChI=1S/C21H24N4O2S.HI/c1-3-26-18-4-6-19(7-5-18)27-20-12-16(8-10-23-20)13-24-21(22-2)25-14-17-9-11-28-15-17;/h4-12,15H,3,13-14H2,1-2H3,(H2,22,24,25);1H. The van der Waals surface area contributed by atoms with E-state index in [0.717, 1.165) is 23.8 Å². The van der Waals surface area contributed by atoms with Crippen molar-refractivity contribution in [2.24, 2.45) is 4.99 Å². The molecule has 0 saturated heterocycles. The van der Waals surface area contributed by atoms with Gasteiger partial charge in [-0.25, -0.2) is 4.98 Å². The Morgan fingerprint density at radius 1 is 1.03 bits per heavy atom. The number of pyridine rings is 1.